The van der Waals surface area contributed by atoms with Gasteiger partial charge in [-0.3, -0.25) is 9.36 Å². The number of allylic oxidation sites excluding steroid dienone is 1. The van der Waals surface area contributed by atoms with Crippen molar-refractivity contribution >= 4 is 50.2 Å². The number of carbonyl (C=O) groups is 1. The van der Waals surface area contributed by atoms with Crippen molar-refractivity contribution in [2.45, 2.75) is 26.8 Å². The maximum Gasteiger partial charge on any atom is 0.338 e. The number of aromatic nitrogens is 2. The normalized spacial score (nSPS) is 14.7. The molecule has 1 aliphatic rings. The second-order valence-electron chi connectivity index (χ2n) is 10.5. The van der Waals surface area contributed by atoms with Gasteiger partial charge in [-0.1, -0.05) is 57.6 Å². The largest absolute Gasteiger partial charge is 0.497 e. The molecule has 3 heterocycles. The van der Waals surface area contributed by atoms with Crippen LogP contribution in [0.25, 0.3) is 28.2 Å². The number of nitrogens with zero attached hydrogens (tertiary/aromatic N) is 2. The molecule has 2 aromatic heterocycles. The molecule has 0 amide bonds. The highest BCUT2D eigenvalue weighted by Crippen LogP contribution is 2.41. The molecule has 0 saturated heterocycles. The van der Waals surface area contributed by atoms with Gasteiger partial charge in [0.2, 0.25) is 0 Å². The Morgan fingerprint density at radius 1 is 1.04 bits per heavy atom. The van der Waals surface area contributed by atoms with Gasteiger partial charge in [0.25, 0.3) is 5.56 Å². The number of carbonyl (C=O) groups excluding carboxylic acids is 1. The summed E-state index contributed by atoms with van der Waals surface area (Å²) in [6, 6.07) is 18.5. The van der Waals surface area contributed by atoms with Crippen LogP contribution in [0.1, 0.15) is 37.9 Å². The van der Waals surface area contributed by atoms with Crippen LogP contribution < -0.4 is 29.1 Å². The van der Waals surface area contributed by atoms with Crippen molar-refractivity contribution in [2.75, 3.05) is 27.4 Å². The first kappa shape index (κ1) is 31.4. The third-order valence-electron chi connectivity index (χ3n) is 7.78. The van der Waals surface area contributed by atoms with Gasteiger partial charge in [-0.25, -0.2) is 9.79 Å². The summed E-state index contributed by atoms with van der Waals surface area (Å²) in [5.41, 5.74) is 4.67. The van der Waals surface area contributed by atoms with Crippen LogP contribution in [0.4, 0.5) is 0 Å². The Labute approximate surface area is 277 Å². The molecule has 6 rings (SSSR count). The van der Waals surface area contributed by atoms with E-state index in [1.807, 2.05) is 61.5 Å². The Morgan fingerprint density at radius 2 is 1.83 bits per heavy atom. The lowest BCUT2D eigenvalue weighted by atomic mass is 9.95. The quantitative estimate of drug-likeness (QED) is 0.186. The summed E-state index contributed by atoms with van der Waals surface area (Å²) < 4.78 is 25.1. The van der Waals surface area contributed by atoms with Crippen molar-refractivity contribution in [3.05, 3.63) is 107 Å². The summed E-state index contributed by atoms with van der Waals surface area (Å²) in [6.45, 7) is 6.00. The third-order valence-corrected chi connectivity index (χ3v) is 9.45. The first-order chi connectivity index (χ1) is 22.3. The third kappa shape index (κ3) is 5.54. The standard InChI is InChI=1S/C35H32BrN3O6S/c1-6-44-28-18-25(36)24(16-27(28)43-5)32-30(34(41)45-7-2)19(3)37-35-39(32)33(40)29(46-35)17-23-22-15-21(42-4)13-14-26(22)38-31(23)20-11-9-8-10-12-20/h8-18,32,38H,6-7H2,1-5H3/b29-17+/t32-/m1/s1. The van der Waals surface area contributed by atoms with Crippen molar-refractivity contribution in [1.29, 1.82) is 0 Å². The zero-order valence-corrected chi connectivity index (χ0v) is 28.4. The Bertz CT molecular complexity index is 2180. The maximum atomic E-state index is 14.5. The number of benzene rings is 3. The predicted octanol–water partition coefficient (Wildman–Crippen LogP) is 6.13. The fourth-order valence-corrected chi connectivity index (χ4v) is 7.27. The topological polar surface area (TPSA) is 104 Å². The van der Waals surface area contributed by atoms with E-state index in [-0.39, 0.29) is 17.7 Å². The molecule has 0 saturated carbocycles. The SMILES string of the molecule is CCOC(=O)C1=C(C)N=c2s/c(=C/c3c(-c4ccccc4)[nH]c4ccc(OC)cc34)c(=O)n2[C@@H]1c1cc(OC)c(OCC)cc1Br. The van der Waals surface area contributed by atoms with Gasteiger partial charge < -0.3 is 23.9 Å². The van der Waals surface area contributed by atoms with E-state index in [2.05, 4.69) is 20.9 Å². The number of hydrogen-bond acceptors (Lipinski definition) is 8. The first-order valence-electron chi connectivity index (χ1n) is 14.7. The molecule has 0 unspecified atom stereocenters. The van der Waals surface area contributed by atoms with Crippen LogP contribution in [0.5, 0.6) is 17.2 Å². The van der Waals surface area contributed by atoms with Crippen LogP contribution in [-0.2, 0) is 9.53 Å². The molecule has 3 aromatic carbocycles. The molecule has 236 valence electrons. The van der Waals surface area contributed by atoms with Gasteiger partial charge >= 0.3 is 5.97 Å². The maximum absolute atomic E-state index is 14.5. The number of nitrogens with one attached hydrogen (secondary N) is 1. The number of fused-ring (bicyclic) bond motifs is 2. The molecular formula is C35H32BrN3O6S. The molecule has 5 aromatic rings. The summed E-state index contributed by atoms with van der Waals surface area (Å²) in [5, 5.41) is 0.906. The molecular weight excluding hydrogens is 670 g/mol. The Kier molecular flexibility index (Phi) is 8.88. The van der Waals surface area contributed by atoms with E-state index >= 15 is 0 Å². The highest BCUT2D eigenvalue weighted by atomic mass is 79.9. The fraction of sp³-hybridized carbons (Fsp3) is 0.229. The minimum Gasteiger partial charge on any atom is -0.497 e. The van der Waals surface area contributed by atoms with E-state index in [1.165, 1.54) is 11.3 Å². The van der Waals surface area contributed by atoms with E-state index < -0.39 is 12.0 Å². The van der Waals surface area contributed by atoms with E-state index in [0.29, 0.717) is 48.9 Å². The summed E-state index contributed by atoms with van der Waals surface area (Å²) >= 11 is 4.95. The fourth-order valence-electron chi connectivity index (χ4n) is 5.71. The van der Waals surface area contributed by atoms with E-state index in [4.69, 9.17) is 23.9 Å². The molecule has 1 aliphatic heterocycles. The zero-order valence-electron chi connectivity index (χ0n) is 26.0. The lowest BCUT2D eigenvalue weighted by Crippen LogP contribution is -2.40. The average Bonchev–Trinajstić information content (AvgIpc) is 3.57. The van der Waals surface area contributed by atoms with Gasteiger partial charge in [-0.15, -0.1) is 0 Å². The van der Waals surface area contributed by atoms with Gasteiger partial charge in [0, 0.05) is 20.9 Å². The predicted molar refractivity (Wildman–Crippen MR) is 183 cm³/mol. The number of rotatable bonds is 9. The lowest BCUT2D eigenvalue weighted by Gasteiger charge is -2.26. The second-order valence-corrected chi connectivity index (χ2v) is 12.3. The molecule has 1 N–H and O–H groups in total. The van der Waals surface area contributed by atoms with Crippen LogP contribution in [0.3, 0.4) is 0 Å². The minimum atomic E-state index is -0.840. The molecule has 0 spiro atoms. The van der Waals surface area contributed by atoms with E-state index in [9.17, 15) is 9.59 Å². The van der Waals surface area contributed by atoms with E-state index in [0.717, 1.165) is 27.7 Å². The van der Waals surface area contributed by atoms with Gasteiger partial charge in [0.1, 0.15) is 5.75 Å². The number of aromatic amines is 1. The average molecular weight is 703 g/mol. The number of esters is 1. The lowest BCUT2D eigenvalue weighted by molar-refractivity contribution is -0.139. The molecule has 9 nitrogen and oxygen atoms in total. The summed E-state index contributed by atoms with van der Waals surface area (Å²) in [7, 11) is 3.18. The Hall–Kier alpha value is -4.61. The molecule has 0 fully saturated rings. The molecule has 0 radical (unpaired) electrons. The molecule has 0 aliphatic carbocycles. The van der Waals surface area contributed by atoms with Crippen molar-refractivity contribution < 1.29 is 23.7 Å². The van der Waals surface area contributed by atoms with Crippen molar-refractivity contribution in [1.82, 2.24) is 9.55 Å². The number of halogens is 1. The smallest absolute Gasteiger partial charge is 0.338 e. The van der Waals surface area contributed by atoms with Gasteiger partial charge in [-0.2, -0.15) is 0 Å². The minimum absolute atomic E-state index is 0.173. The monoisotopic (exact) mass is 701 g/mol. The molecule has 0 bridgehead atoms. The van der Waals surface area contributed by atoms with Gasteiger partial charge in [0.05, 0.1) is 55.0 Å². The number of thiazole rings is 1. The van der Waals surface area contributed by atoms with Crippen LogP contribution in [0.2, 0.25) is 0 Å². The van der Waals surface area contributed by atoms with Gasteiger partial charge in [-0.05, 0) is 68.3 Å². The van der Waals surface area contributed by atoms with Crippen LogP contribution >= 0.6 is 27.3 Å². The Balaban J connectivity index is 1.63. The number of H-pyrrole nitrogens is 1. The number of hydrogen-bond donors (Lipinski definition) is 1. The van der Waals surface area contributed by atoms with Crippen LogP contribution in [0.15, 0.2) is 86.2 Å². The first-order valence-corrected chi connectivity index (χ1v) is 16.4. The highest BCUT2D eigenvalue weighted by Gasteiger charge is 2.35. The van der Waals surface area contributed by atoms with Crippen LogP contribution in [0, 0.1) is 0 Å². The van der Waals surface area contributed by atoms with Gasteiger partial charge in [0.15, 0.2) is 16.3 Å². The highest BCUT2D eigenvalue weighted by molar-refractivity contribution is 9.10. The number of ether oxygens (including phenoxy) is 4. The second kappa shape index (κ2) is 13.0. The summed E-state index contributed by atoms with van der Waals surface area (Å²) in [5.74, 6) is 1.17. The van der Waals surface area contributed by atoms with Crippen LogP contribution in [-0.4, -0.2) is 43.0 Å². The summed E-state index contributed by atoms with van der Waals surface area (Å²) in [6.07, 6.45) is 1.89. The number of methoxy groups -OCH3 is 2. The molecule has 11 heteroatoms. The van der Waals surface area contributed by atoms with Crippen molar-refractivity contribution in [3.63, 3.8) is 0 Å². The van der Waals surface area contributed by atoms with Crippen molar-refractivity contribution in [3.8, 4) is 28.5 Å². The molecule has 46 heavy (non-hydrogen) atoms. The molecule has 1 atom stereocenters. The van der Waals surface area contributed by atoms with Crippen molar-refractivity contribution in [2.24, 2.45) is 4.99 Å². The Morgan fingerprint density at radius 3 is 2.52 bits per heavy atom. The zero-order chi connectivity index (χ0) is 32.5. The van der Waals surface area contributed by atoms with E-state index in [1.54, 1.807) is 44.8 Å². The summed E-state index contributed by atoms with van der Waals surface area (Å²) in [4.78, 5) is 36.7.